The van der Waals surface area contributed by atoms with Crippen molar-refractivity contribution >= 4 is 17.7 Å². The van der Waals surface area contributed by atoms with Gasteiger partial charge in [-0.2, -0.15) is 0 Å². The predicted octanol–water partition coefficient (Wildman–Crippen LogP) is 4.81. The summed E-state index contributed by atoms with van der Waals surface area (Å²) in [5.41, 5.74) is 3.22. The number of nitrogens with zero attached hydrogens (tertiary/aromatic N) is 5. The van der Waals surface area contributed by atoms with Crippen molar-refractivity contribution in [1.29, 1.82) is 0 Å². The van der Waals surface area contributed by atoms with Crippen LogP contribution in [0, 0.1) is 6.92 Å². The van der Waals surface area contributed by atoms with Gasteiger partial charge in [-0.3, -0.25) is 14.3 Å². The van der Waals surface area contributed by atoms with E-state index in [-0.39, 0.29) is 5.91 Å². The van der Waals surface area contributed by atoms with E-state index in [9.17, 15) is 4.79 Å². The van der Waals surface area contributed by atoms with E-state index in [1.165, 1.54) is 49.4 Å². The Labute approximate surface area is 206 Å². The van der Waals surface area contributed by atoms with E-state index >= 15 is 0 Å². The van der Waals surface area contributed by atoms with Gasteiger partial charge in [0, 0.05) is 43.5 Å². The van der Waals surface area contributed by atoms with Crippen molar-refractivity contribution in [3.8, 4) is 17.1 Å². The molecule has 2 aromatic carbocycles. The molecule has 178 valence electrons. The zero-order valence-corrected chi connectivity index (χ0v) is 20.7. The first-order valence-electron chi connectivity index (χ1n) is 12.4. The SMILES string of the molecule is Cc1ccc(-c2nnc(SCC(=O)N3CCN(C4CCCCC4)CC3)n2-c2ccccc2)cc1. The minimum absolute atomic E-state index is 0.188. The molecular formula is C27H33N5OS. The molecule has 0 N–H and O–H groups in total. The van der Waals surface area contributed by atoms with E-state index in [1.807, 2.05) is 23.1 Å². The van der Waals surface area contributed by atoms with Gasteiger partial charge in [0.05, 0.1) is 5.75 Å². The molecule has 6 nitrogen and oxygen atoms in total. The summed E-state index contributed by atoms with van der Waals surface area (Å²) in [6, 6.07) is 19.2. The lowest BCUT2D eigenvalue weighted by Crippen LogP contribution is -2.52. The molecule has 1 saturated carbocycles. The van der Waals surface area contributed by atoms with Gasteiger partial charge in [-0.15, -0.1) is 10.2 Å². The van der Waals surface area contributed by atoms with Crippen LogP contribution in [0.2, 0.25) is 0 Å². The maximum Gasteiger partial charge on any atom is 0.233 e. The molecule has 0 atom stereocenters. The molecule has 0 radical (unpaired) electrons. The topological polar surface area (TPSA) is 54.3 Å². The molecule has 2 fully saturated rings. The number of para-hydroxylation sites is 1. The molecule has 0 spiro atoms. The van der Waals surface area contributed by atoms with Gasteiger partial charge in [0.2, 0.25) is 5.91 Å². The van der Waals surface area contributed by atoms with Crippen molar-refractivity contribution in [3.05, 3.63) is 60.2 Å². The highest BCUT2D eigenvalue weighted by Gasteiger charge is 2.27. The van der Waals surface area contributed by atoms with Crippen LogP contribution in [0.25, 0.3) is 17.1 Å². The Morgan fingerprint density at radius 3 is 2.32 bits per heavy atom. The minimum atomic E-state index is 0.188. The molecule has 0 bridgehead atoms. The lowest BCUT2D eigenvalue weighted by molar-refractivity contribution is -0.130. The Balaban J connectivity index is 1.26. The fourth-order valence-electron chi connectivity index (χ4n) is 5.06. The van der Waals surface area contributed by atoms with Crippen LogP contribution in [-0.2, 0) is 4.79 Å². The van der Waals surface area contributed by atoms with Crippen molar-refractivity contribution in [2.45, 2.75) is 50.2 Å². The van der Waals surface area contributed by atoms with Gasteiger partial charge in [0.25, 0.3) is 0 Å². The molecule has 1 amide bonds. The smallest absolute Gasteiger partial charge is 0.233 e. The van der Waals surface area contributed by atoms with Crippen molar-refractivity contribution in [1.82, 2.24) is 24.6 Å². The third-order valence-corrected chi connectivity index (χ3v) is 7.95. The van der Waals surface area contributed by atoms with Gasteiger partial charge in [0.1, 0.15) is 0 Å². The third-order valence-electron chi connectivity index (χ3n) is 7.04. The number of aryl methyl sites for hydroxylation is 1. The molecule has 2 aliphatic rings. The van der Waals surface area contributed by atoms with Crippen molar-refractivity contribution in [2.75, 3.05) is 31.9 Å². The van der Waals surface area contributed by atoms with E-state index in [4.69, 9.17) is 0 Å². The molecule has 1 saturated heterocycles. The van der Waals surface area contributed by atoms with E-state index < -0.39 is 0 Å². The normalized spacial score (nSPS) is 17.7. The van der Waals surface area contributed by atoms with Crippen LogP contribution in [0.3, 0.4) is 0 Å². The van der Waals surface area contributed by atoms with Crippen LogP contribution in [0.5, 0.6) is 0 Å². The standard InChI is InChI=1S/C27H33N5OS/c1-21-12-14-22(15-13-21)26-28-29-27(32(26)24-10-6-3-7-11-24)34-20-25(33)31-18-16-30(17-19-31)23-8-4-2-5-9-23/h3,6-7,10-15,23H,2,4-5,8-9,16-20H2,1H3. The summed E-state index contributed by atoms with van der Waals surface area (Å²) in [5, 5.41) is 9.73. The van der Waals surface area contributed by atoms with E-state index in [2.05, 4.69) is 63.0 Å². The lowest BCUT2D eigenvalue weighted by atomic mass is 9.94. The summed E-state index contributed by atoms with van der Waals surface area (Å²) in [6.45, 7) is 5.73. The number of thioether (sulfide) groups is 1. The molecule has 1 aliphatic heterocycles. The predicted molar refractivity (Wildman–Crippen MR) is 137 cm³/mol. The number of benzene rings is 2. The highest BCUT2D eigenvalue weighted by molar-refractivity contribution is 7.99. The minimum Gasteiger partial charge on any atom is -0.339 e. The van der Waals surface area contributed by atoms with Crippen LogP contribution >= 0.6 is 11.8 Å². The number of carbonyl (C=O) groups excluding carboxylic acids is 1. The number of rotatable bonds is 6. The second-order valence-electron chi connectivity index (χ2n) is 9.34. The van der Waals surface area contributed by atoms with Gasteiger partial charge in [-0.1, -0.05) is 79.1 Å². The van der Waals surface area contributed by atoms with Gasteiger partial charge in [0.15, 0.2) is 11.0 Å². The number of piperazine rings is 1. The first kappa shape index (κ1) is 23.1. The lowest BCUT2D eigenvalue weighted by Gasteiger charge is -2.40. The maximum atomic E-state index is 13.0. The molecule has 34 heavy (non-hydrogen) atoms. The van der Waals surface area contributed by atoms with Crippen LogP contribution in [0.15, 0.2) is 59.8 Å². The molecule has 1 aliphatic carbocycles. The van der Waals surface area contributed by atoms with Crippen molar-refractivity contribution in [3.63, 3.8) is 0 Å². The third kappa shape index (κ3) is 5.20. The Morgan fingerprint density at radius 1 is 0.912 bits per heavy atom. The van der Waals surface area contributed by atoms with Crippen LogP contribution < -0.4 is 0 Å². The van der Waals surface area contributed by atoms with Gasteiger partial charge in [-0.05, 0) is 31.9 Å². The van der Waals surface area contributed by atoms with Gasteiger partial charge >= 0.3 is 0 Å². The summed E-state index contributed by atoms with van der Waals surface area (Å²) < 4.78 is 2.06. The zero-order chi connectivity index (χ0) is 23.3. The van der Waals surface area contributed by atoms with Crippen LogP contribution in [-0.4, -0.2) is 68.4 Å². The Kier molecular flexibility index (Phi) is 7.30. The monoisotopic (exact) mass is 475 g/mol. The van der Waals surface area contributed by atoms with E-state index in [1.54, 1.807) is 0 Å². The number of aromatic nitrogens is 3. The number of hydrogen-bond donors (Lipinski definition) is 0. The van der Waals surface area contributed by atoms with Crippen molar-refractivity contribution < 1.29 is 4.79 Å². The summed E-state index contributed by atoms with van der Waals surface area (Å²) in [5.74, 6) is 1.36. The summed E-state index contributed by atoms with van der Waals surface area (Å²) in [7, 11) is 0. The molecule has 5 rings (SSSR count). The Bertz CT molecular complexity index is 1080. The quantitative estimate of drug-likeness (QED) is 0.479. The highest BCUT2D eigenvalue weighted by Crippen LogP contribution is 2.29. The summed E-state index contributed by atoms with van der Waals surface area (Å²) in [4.78, 5) is 17.7. The molecule has 1 aromatic heterocycles. The largest absolute Gasteiger partial charge is 0.339 e. The number of hydrogen-bond acceptors (Lipinski definition) is 5. The van der Waals surface area contributed by atoms with Crippen molar-refractivity contribution in [2.24, 2.45) is 0 Å². The summed E-state index contributed by atoms with van der Waals surface area (Å²) in [6.07, 6.45) is 6.73. The van der Waals surface area contributed by atoms with Gasteiger partial charge in [-0.25, -0.2) is 0 Å². The zero-order valence-electron chi connectivity index (χ0n) is 19.9. The average molecular weight is 476 g/mol. The first-order chi connectivity index (χ1) is 16.7. The van der Waals surface area contributed by atoms with E-state index in [0.717, 1.165) is 54.5 Å². The molecule has 3 aromatic rings. The van der Waals surface area contributed by atoms with Gasteiger partial charge < -0.3 is 4.90 Å². The van der Waals surface area contributed by atoms with Crippen LogP contribution in [0.1, 0.15) is 37.7 Å². The molecular weight excluding hydrogens is 442 g/mol. The average Bonchev–Trinajstić information content (AvgIpc) is 3.33. The Hall–Kier alpha value is -2.64. The Morgan fingerprint density at radius 2 is 1.62 bits per heavy atom. The molecule has 0 unspecified atom stereocenters. The number of amides is 1. The fraction of sp³-hybridized carbons (Fsp3) is 0.444. The number of carbonyl (C=O) groups is 1. The second kappa shape index (κ2) is 10.7. The molecule has 2 heterocycles. The first-order valence-corrected chi connectivity index (χ1v) is 13.4. The second-order valence-corrected chi connectivity index (χ2v) is 10.3. The summed E-state index contributed by atoms with van der Waals surface area (Å²) >= 11 is 1.48. The molecule has 7 heteroatoms. The highest BCUT2D eigenvalue weighted by atomic mass is 32.2. The fourth-order valence-corrected chi connectivity index (χ4v) is 5.92. The van der Waals surface area contributed by atoms with Crippen LogP contribution in [0.4, 0.5) is 0 Å². The maximum absolute atomic E-state index is 13.0. The van der Waals surface area contributed by atoms with E-state index in [0.29, 0.717) is 5.75 Å².